The van der Waals surface area contributed by atoms with Crippen LogP contribution in [0.3, 0.4) is 0 Å². The van der Waals surface area contributed by atoms with Crippen molar-refractivity contribution in [3.63, 3.8) is 0 Å². The van der Waals surface area contributed by atoms with Gasteiger partial charge in [-0.1, -0.05) is 23.2 Å². The Morgan fingerprint density at radius 2 is 1.85 bits per heavy atom. The van der Waals surface area contributed by atoms with E-state index >= 15 is 0 Å². The molecular weight excluding hydrogens is 467 g/mol. The van der Waals surface area contributed by atoms with Crippen LogP contribution in [0, 0.1) is 0 Å². The normalized spacial score (nSPS) is 15.5. The molecule has 0 fully saturated rings. The van der Waals surface area contributed by atoms with E-state index in [-0.39, 0.29) is 30.7 Å². The van der Waals surface area contributed by atoms with Crippen molar-refractivity contribution in [2.24, 2.45) is 0 Å². The Hall–Kier alpha value is -3.32. The third-order valence-electron chi connectivity index (χ3n) is 5.17. The molecule has 0 radical (unpaired) electrons. The predicted molar refractivity (Wildman–Crippen MR) is 122 cm³/mol. The maximum Gasteiger partial charge on any atom is 0.231 e. The SMILES string of the molecule is O=C(COc1ccc2c(c1)O/C(=C\c1cc(Cl)cc3c1OCOC3)C2=O)c1ccc(Cl)cc1. The molecule has 33 heavy (non-hydrogen) atoms. The van der Waals surface area contributed by atoms with Crippen LogP contribution in [0.5, 0.6) is 17.2 Å². The first-order valence-corrected chi connectivity index (χ1v) is 10.8. The van der Waals surface area contributed by atoms with Gasteiger partial charge in [-0.15, -0.1) is 0 Å². The number of benzene rings is 3. The Morgan fingerprint density at radius 3 is 2.67 bits per heavy atom. The Labute approximate surface area is 199 Å². The number of halogens is 2. The standard InChI is InChI=1S/C25H16Cl2O6/c26-17-3-1-14(2-4-17)21(28)12-31-19-5-6-20-22(10-19)33-23(24(20)29)9-15-7-18(27)8-16-11-30-13-32-25(15)16/h1-10H,11-13H2/b23-9-. The minimum Gasteiger partial charge on any atom is -0.485 e. The summed E-state index contributed by atoms with van der Waals surface area (Å²) < 4.78 is 22.3. The van der Waals surface area contributed by atoms with Gasteiger partial charge < -0.3 is 18.9 Å². The fourth-order valence-corrected chi connectivity index (χ4v) is 3.96. The van der Waals surface area contributed by atoms with Crippen molar-refractivity contribution in [3.8, 4) is 17.2 Å². The fourth-order valence-electron chi connectivity index (χ4n) is 3.58. The van der Waals surface area contributed by atoms with E-state index in [9.17, 15) is 9.59 Å². The molecule has 0 amide bonds. The molecule has 0 spiro atoms. The van der Waals surface area contributed by atoms with Gasteiger partial charge in [0.15, 0.2) is 24.9 Å². The van der Waals surface area contributed by atoms with Crippen molar-refractivity contribution >= 4 is 40.8 Å². The number of rotatable bonds is 5. The van der Waals surface area contributed by atoms with Crippen LogP contribution in [0.25, 0.3) is 6.08 Å². The molecule has 3 aromatic rings. The van der Waals surface area contributed by atoms with Crippen LogP contribution in [-0.4, -0.2) is 25.0 Å². The zero-order valence-corrected chi connectivity index (χ0v) is 18.6. The van der Waals surface area contributed by atoms with E-state index in [0.717, 1.165) is 5.56 Å². The first kappa shape index (κ1) is 21.5. The predicted octanol–water partition coefficient (Wildman–Crippen LogP) is 5.74. The van der Waals surface area contributed by atoms with Crippen LogP contribution in [0.1, 0.15) is 31.8 Å². The number of hydrogen-bond donors (Lipinski definition) is 0. The molecule has 2 aliphatic heterocycles. The summed E-state index contributed by atoms with van der Waals surface area (Å²) in [4.78, 5) is 25.2. The van der Waals surface area contributed by atoms with Crippen molar-refractivity contribution in [2.75, 3.05) is 13.4 Å². The topological polar surface area (TPSA) is 71.1 Å². The lowest BCUT2D eigenvalue weighted by Crippen LogP contribution is -2.12. The van der Waals surface area contributed by atoms with Crippen LogP contribution in [-0.2, 0) is 11.3 Å². The lowest BCUT2D eigenvalue weighted by molar-refractivity contribution is -0.0165. The molecule has 0 unspecified atom stereocenters. The van der Waals surface area contributed by atoms with Crippen LogP contribution < -0.4 is 14.2 Å². The van der Waals surface area contributed by atoms with Gasteiger partial charge in [0.2, 0.25) is 5.78 Å². The summed E-state index contributed by atoms with van der Waals surface area (Å²) in [6, 6.07) is 14.9. The lowest BCUT2D eigenvalue weighted by Gasteiger charge is -2.20. The number of fused-ring (bicyclic) bond motifs is 2. The molecule has 3 aromatic carbocycles. The Morgan fingerprint density at radius 1 is 1.03 bits per heavy atom. The van der Waals surface area contributed by atoms with Crippen LogP contribution in [0.15, 0.2) is 60.4 Å². The van der Waals surface area contributed by atoms with Gasteiger partial charge in [-0.3, -0.25) is 9.59 Å². The summed E-state index contributed by atoms with van der Waals surface area (Å²) in [6.07, 6.45) is 1.60. The van der Waals surface area contributed by atoms with Crippen LogP contribution >= 0.6 is 23.2 Å². The average molecular weight is 483 g/mol. The molecule has 166 valence electrons. The van der Waals surface area contributed by atoms with Gasteiger partial charge in [-0.05, 0) is 54.6 Å². The second-order valence-corrected chi connectivity index (χ2v) is 8.28. The fraction of sp³-hybridized carbons (Fsp3) is 0.120. The van der Waals surface area contributed by atoms with Gasteiger partial charge in [0.05, 0.1) is 12.2 Å². The molecule has 2 heterocycles. The minimum atomic E-state index is -0.269. The van der Waals surface area contributed by atoms with E-state index in [1.807, 2.05) is 0 Å². The highest BCUT2D eigenvalue weighted by Gasteiger charge is 2.29. The molecule has 0 aliphatic carbocycles. The highest BCUT2D eigenvalue weighted by atomic mass is 35.5. The van der Waals surface area contributed by atoms with Crippen molar-refractivity contribution in [3.05, 3.63) is 92.7 Å². The number of Topliss-reactive ketones (excluding diaryl/α,β-unsaturated/α-hetero) is 2. The molecule has 0 atom stereocenters. The lowest BCUT2D eigenvalue weighted by atomic mass is 10.1. The second kappa shape index (κ2) is 8.90. The molecule has 6 nitrogen and oxygen atoms in total. The number of carbonyl (C=O) groups is 2. The van der Waals surface area contributed by atoms with Gasteiger partial charge in [0.25, 0.3) is 0 Å². The summed E-state index contributed by atoms with van der Waals surface area (Å²) in [6.45, 7) is 0.330. The zero-order valence-electron chi connectivity index (χ0n) is 17.1. The molecule has 0 aromatic heterocycles. The molecule has 0 saturated heterocycles. The van der Waals surface area contributed by atoms with Crippen LogP contribution in [0.4, 0.5) is 0 Å². The van der Waals surface area contributed by atoms with Gasteiger partial charge in [0, 0.05) is 32.8 Å². The van der Waals surface area contributed by atoms with Crippen molar-refractivity contribution in [1.82, 2.24) is 0 Å². The van der Waals surface area contributed by atoms with Gasteiger partial charge in [-0.25, -0.2) is 0 Å². The van der Waals surface area contributed by atoms with Crippen molar-refractivity contribution in [1.29, 1.82) is 0 Å². The van der Waals surface area contributed by atoms with Gasteiger partial charge >= 0.3 is 0 Å². The molecule has 0 N–H and O–H groups in total. The van der Waals surface area contributed by atoms with Gasteiger partial charge in [-0.2, -0.15) is 0 Å². The van der Waals surface area contributed by atoms with Crippen molar-refractivity contribution in [2.45, 2.75) is 6.61 Å². The molecule has 2 aliphatic rings. The van der Waals surface area contributed by atoms with Crippen molar-refractivity contribution < 1.29 is 28.5 Å². The van der Waals surface area contributed by atoms with E-state index in [0.29, 0.717) is 50.6 Å². The largest absolute Gasteiger partial charge is 0.485 e. The zero-order chi connectivity index (χ0) is 22.9. The smallest absolute Gasteiger partial charge is 0.231 e. The third-order valence-corrected chi connectivity index (χ3v) is 5.64. The molecule has 8 heteroatoms. The summed E-state index contributed by atoms with van der Waals surface area (Å²) in [5.41, 5.74) is 2.32. The van der Waals surface area contributed by atoms with Gasteiger partial charge in [0.1, 0.15) is 17.2 Å². The maximum atomic E-state index is 12.8. The van der Waals surface area contributed by atoms with E-state index in [1.165, 1.54) is 0 Å². The van der Waals surface area contributed by atoms with Crippen LogP contribution in [0.2, 0.25) is 10.0 Å². The Bertz CT molecular complexity index is 1300. The quantitative estimate of drug-likeness (QED) is 0.341. The number of hydrogen-bond acceptors (Lipinski definition) is 6. The Balaban J connectivity index is 1.34. The first-order chi connectivity index (χ1) is 16.0. The Kier molecular flexibility index (Phi) is 5.81. The summed E-state index contributed by atoms with van der Waals surface area (Å²) in [5.74, 6) is 1.04. The van der Waals surface area contributed by atoms with E-state index < -0.39 is 0 Å². The van der Waals surface area contributed by atoms with E-state index in [2.05, 4.69) is 0 Å². The van der Waals surface area contributed by atoms with E-state index in [4.69, 9.17) is 42.1 Å². The summed E-state index contributed by atoms with van der Waals surface area (Å²) in [7, 11) is 0. The first-order valence-electron chi connectivity index (χ1n) is 10.0. The second-order valence-electron chi connectivity index (χ2n) is 7.41. The molecule has 0 saturated carbocycles. The molecule has 0 bridgehead atoms. The average Bonchev–Trinajstić information content (AvgIpc) is 3.12. The highest BCUT2D eigenvalue weighted by molar-refractivity contribution is 6.31. The number of carbonyl (C=O) groups excluding carboxylic acids is 2. The number of ketones is 2. The summed E-state index contributed by atoms with van der Waals surface area (Å²) in [5, 5.41) is 1.05. The maximum absolute atomic E-state index is 12.8. The molecule has 5 rings (SSSR count). The number of ether oxygens (including phenoxy) is 4. The number of allylic oxidation sites excluding steroid dienone is 1. The minimum absolute atomic E-state index is 0.120. The van der Waals surface area contributed by atoms with E-state index in [1.54, 1.807) is 60.7 Å². The molecular formula is C25H16Cl2O6. The highest BCUT2D eigenvalue weighted by Crippen LogP contribution is 2.38. The summed E-state index contributed by atoms with van der Waals surface area (Å²) >= 11 is 12.1. The monoisotopic (exact) mass is 482 g/mol. The third kappa shape index (κ3) is 4.46.